The SMILES string of the molecule is CCCNC(c1ccccc1)=[N+]1CCCCC1.[Br-]. The van der Waals surface area contributed by atoms with Crippen LogP contribution in [0.2, 0.25) is 0 Å². The molecule has 0 spiro atoms. The zero-order valence-electron chi connectivity index (χ0n) is 11.2. The fourth-order valence-electron chi connectivity index (χ4n) is 2.35. The first kappa shape index (κ1) is 15.2. The van der Waals surface area contributed by atoms with Crippen LogP contribution in [-0.4, -0.2) is 30.0 Å². The molecule has 0 aliphatic carbocycles. The predicted octanol–water partition coefficient (Wildman–Crippen LogP) is -0.367. The third-order valence-electron chi connectivity index (χ3n) is 3.26. The van der Waals surface area contributed by atoms with Crippen LogP contribution in [-0.2, 0) is 0 Å². The van der Waals surface area contributed by atoms with E-state index in [0.717, 1.165) is 6.54 Å². The van der Waals surface area contributed by atoms with Crippen molar-refractivity contribution in [2.75, 3.05) is 19.6 Å². The van der Waals surface area contributed by atoms with E-state index in [-0.39, 0.29) is 17.0 Å². The molecule has 100 valence electrons. The number of piperidine rings is 1. The lowest BCUT2D eigenvalue weighted by atomic mass is 10.1. The number of hydrogen-bond acceptors (Lipinski definition) is 0. The van der Waals surface area contributed by atoms with Crippen molar-refractivity contribution in [1.82, 2.24) is 5.32 Å². The standard InChI is InChI=1S/C15H22N2.BrH/c1-2-11-16-15(14-9-5-3-6-10-14)17-12-7-4-8-13-17;/h3,5-6,9-10H,2,4,7-8,11-13H2,1H3;1H. The molecular formula is C15H23BrN2. The van der Waals surface area contributed by atoms with Crippen molar-refractivity contribution in [3.8, 4) is 0 Å². The van der Waals surface area contributed by atoms with E-state index in [1.807, 2.05) is 0 Å². The summed E-state index contributed by atoms with van der Waals surface area (Å²) in [6.45, 7) is 5.66. The first-order valence-electron chi connectivity index (χ1n) is 6.83. The van der Waals surface area contributed by atoms with Crippen LogP contribution < -0.4 is 22.3 Å². The Morgan fingerprint density at radius 1 is 1.11 bits per heavy atom. The first-order chi connectivity index (χ1) is 8.42. The van der Waals surface area contributed by atoms with Crippen LogP contribution in [0.3, 0.4) is 0 Å². The van der Waals surface area contributed by atoms with Crippen molar-refractivity contribution >= 4 is 5.84 Å². The van der Waals surface area contributed by atoms with E-state index in [0.29, 0.717) is 0 Å². The molecule has 1 aliphatic heterocycles. The maximum Gasteiger partial charge on any atom is 0.277 e. The molecule has 2 rings (SSSR count). The summed E-state index contributed by atoms with van der Waals surface area (Å²) in [4.78, 5) is 0. The van der Waals surface area contributed by atoms with Crippen molar-refractivity contribution in [3.63, 3.8) is 0 Å². The molecule has 1 heterocycles. The Hall–Kier alpha value is -0.830. The highest BCUT2D eigenvalue weighted by atomic mass is 79.9. The molecule has 1 saturated heterocycles. The normalized spacial score (nSPS) is 14.8. The van der Waals surface area contributed by atoms with Gasteiger partial charge in [-0.25, -0.2) is 0 Å². The molecule has 1 aliphatic rings. The van der Waals surface area contributed by atoms with E-state index in [1.165, 1.54) is 50.2 Å². The monoisotopic (exact) mass is 310 g/mol. The molecule has 1 aromatic carbocycles. The maximum atomic E-state index is 3.60. The molecule has 0 aromatic heterocycles. The second-order valence-corrected chi connectivity index (χ2v) is 4.69. The molecule has 0 bridgehead atoms. The van der Waals surface area contributed by atoms with Crippen molar-refractivity contribution < 1.29 is 21.6 Å². The lowest BCUT2D eigenvalue weighted by molar-refractivity contribution is -0.538. The van der Waals surface area contributed by atoms with Crippen LogP contribution in [0, 0.1) is 0 Å². The molecule has 18 heavy (non-hydrogen) atoms. The molecule has 3 heteroatoms. The number of hydrogen-bond donors (Lipinski definition) is 1. The highest BCUT2D eigenvalue weighted by molar-refractivity contribution is 5.94. The summed E-state index contributed by atoms with van der Waals surface area (Å²) in [5.41, 5.74) is 1.32. The minimum absolute atomic E-state index is 0. The van der Waals surface area contributed by atoms with Gasteiger partial charge in [-0.05, 0) is 37.8 Å². The van der Waals surface area contributed by atoms with Gasteiger partial charge in [-0.2, -0.15) is 0 Å². The average molecular weight is 311 g/mol. The summed E-state index contributed by atoms with van der Waals surface area (Å²) in [7, 11) is 0. The largest absolute Gasteiger partial charge is 1.00 e. The lowest BCUT2D eigenvalue weighted by Gasteiger charge is -2.17. The van der Waals surface area contributed by atoms with Gasteiger partial charge in [0.15, 0.2) is 0 Å². The predicted molar refractivity (Wildman–Crippen MR) is 72.7 cm³/mol. The zero-order chi connectivity index (χ0) is 11.9. The van der Waals surface area contributed by atoms with E-state index >= 15 is 0 Å². The van der Waals surface area contributed by atoms with Gasteiger partial charge in [0.2, 0.25) is 0 Å². The second kappa shape index (κ2) is 8.30. The highest BCUT2D eigenvalue weighted by Crippen LogP contribution is 2.07. The average Bonchev–Trinajstić information content (AvgIpc) is 2.42. The number of halogens is 1. The fraction of sp³-hybridized carbons (Fsp3) is 0.533. The van der Waals surface area contributed by atoms with E-state index in [1.54, 1.807) is 0 Å². The Kier molecular flexibility index (Phi) is 7.02. The van der Waals surface area contributed by atoms with Crippen molar-refractivity contribution in [3.05, 3.63) is 35.9 Å². The van der Waals surface area contributed by atoms with Gasteiger partial charge >= 0.3 is 0 Å². The van der Waals surface area contributed by atoms with Crippen LogP contribution in [0.1, 0.15) is 38.2 Å². The Labute approximate surface area is 121 Å². The van der Waals surface area contributed by atoms with Crippen LogP contribution >= 0.6 is 0 Å². The number of benzene rings is 1. The maximum absolute atomic E-state index is 3.60. The quantitative estimate of drug-likeness (QED) is 0.595. The van der Waals surface area contributed by atoms with Crippen LogP contribution in [0.5, 0.6) is 0 Å². The molecule has 0 saturated carbocycles. The number of rotatable bonds is 3. The van der Waals surface area contributed by atoms with E-state index < -0.39 is 0 Å². The topological polar surface area (TPSA) is 15.0 Å². The second-order valence-electron chi connectivity index (χ2n) is 4.69. The molecule has 0 atom stereocenters. The highest BCUT2D eigenvalue weighted by Gasteiger charge is 2.17. The number of nitrogens with zero attached hydrogens (tertiary/aromatic N) is 1. The summed E-state index contributed by atoms with van der Waals surface area (Å²) in [5.74, 6) is 1.33. The molecule has 0 unspecified atom stereocenters. The van der Waals surface area contributed by atoms with Crippen molar-refractivity contribution in [1.29, 1.82) is 0 Å². The van der Waals surface area contributed by atoms with Gasteiger partial charge in [-0.15, -0.1) is 0 Å². The fourth-order valence-corrected chi connectivity index (χ4v) is 2.35. The van der Waals surface area contributed by atoms with Crippen LogP contribution in [0.4, 0.5) is 0 Å². The molecule has 0 amide bonds. The van der Waals surface area contributed by atoms with Gasteiger partial charge in [0, 0.05) is 0 Å². The van der Waals surface area contributed by atoms with Gasteiger partial charge in [0.25, 0.3) is 5.84 Å². The third-order valence-corrected chi connectivity index (χ3v) is 3.26. The number of amidine groups is 1. The lowest BCUT2D eigenvalue weighted by Crippen LogP contribution is -3.00. The molecule has 0 radical (unpaired) electrons. The number of nitrogens with one attached hydrogen (secondary N) is 1. The Morgan fingerprint density at radius 3 is 2.39 bits per heavy atom. The third kappa shape index (κ3) is 4.13. The van der Waals surface area contributed by atoms with E-state index in [4.69, 9.17) is 0 Å². The van der Waals surface area contributed by atoms with Crippen molar-refractivity contribution in [2.45, 2.75) is 32.6 Å². The van der Waals surface area contributed by atoms with E-state index in [9.17, 15) is 0 Å². The van der Waals surface area contributed by atoms with Crippen molar-refractivity contribution in [2.24, 2.45) is 0 Å². The van der Waals surface area contributed by atoms with E-state index in [2.05, 4.69) is 47.1 Å². The summed E-state index contributed by atoms with van der Waals surface area (Å²) in [6, 6.07) is 10.7. The van der Waals surface area contributed by atoms with Gasteiger partial charge in [0.1, 0.15) is 0 Å². The minimum atomic E-state index is 0. The van der Waals surface area contributed by atoms with Gasteiger partial charge in [-0.3, -0.25) is 9.89 Å². The Bertz CT molecular complexity index is 365. The van der Waals surface area contributed by atoms with Crippen LogP contribution in [0.15, 0.2) is 30.3 Å². The first-order valence-corrected chi connectivity index (χ1v) is 6.83. The summed E-state index contributed by atoms with van der Waals surface area (Å²) >= 11 is 0. The smallest absolute Gasteiger partial charge is 0.277 e. The molecule has 2 nitrogen and oxygen atoms in total. The molecule has 1 fully saturated rings. The summed E-state index contributed by atoms with van der Waals surface area (Å²) < 4.78 is 2.51. The summed E-state index contributed by atoms with van der Waals surface area (Å²) in [5, 5.41) is 3.60. The Balaban J connectivity index is 0.00000162. The van der Waals surface area contributed by atoms with Gasteiger partial charge < -0.3 is 17.0 Å². The summed E-state index contributed by atoms with van der Waals surface area (Å²) in [6.07, 6.45) is 5.20. The molecule has 1 N–H and O–H groups in total. The van der Waals surface area contributed by atoms with Gasteiger partial charge in [-0.1, -0.05) is 25.1 Å². The molecular weight excluding hydrogens is 288 g/mol. The minimum Gasteiger partial charge on any atom is -1.00 e. The Morgan fingerprint density at radius 2 is 1.78 bits per heavy atom. The van der Waals surface area contributed by atoms with Gasteiger partial charge in [0.05, 0.1) is 25.2 Å². The zero-order valence-corrected chi connectivity index (χ0v) is 12.7. The molecule has 1 aromatic rings. The van der Waals surface area contributed by atoms with Crippen LogP contribution in [0.25, 0.3) is 0 Å².